The summed E-state index contributed by atoms with van der Waals surface area (Å²) >= 11 is 0. The monoisotopic (exact) mass is 460 g/mol. The van der Waals surface area contributed by atoms with Gasteiger partial charge in [-0.05, 0) is 43.3 Å². The Bertz CT molecular complexity index is 1230. The predicted molar refractivity (Wildman–Crippen MR) is 129 cm³/mol. The Morgan fingerprint density at radius 1 is 0.882 bits per heavy atom. The molecule has 3 aromatic rings. The second kappa shape index (κ2) is 9.17. The lowest BCUT2D eigenvalue weighted by Gasteiger charge is -2.39. The maximum Gasteiger partial charge on any atom is 0.217 e. The molecule has 0 aliphatic carbocycles. The highest BCUT2D eigenvalue weighted by molar-refractivity contribution is 6.02. The van der Waals surface area contributed by atoms with Gasteiger partial charge in [-0.15, -0.1) is 0 Å². The van der Waals surface area contributed by atoms with E-state index in [0.29, 0.717) is 12.4 Å². The quantitative estimate of drug-likeness (QED) is 0.474. The van der Waals surface area contributed by atoms with Crippen molar-refractivity contribution in [2.45, 2.75) is 25.6 Å². The number of para-hydroxylation sites is 1. The van der Waals surface area contributed by atoms with Crippen molar-refractivity contribution in [3.8, 4) is 28.7 Å². The van der Waals surface area contributed by atoms with Gasteiger partial charge in [-0.25, -0.2) is 5.01 Å². The summed E-state index contributed by atoms with van der Waals surface area (Å²) in [5.41, 5.74) is 3.87. The van der Waals surface area contributed by atoms with Crippen molar-refractivity contribution in [1.29, 1.82) is 0 Å². The Morgan fingerprint density at radius 3 is 2.44 bits per heavy atom. The molecule has 2 heterocycles. The summed E-state index contributed by atoms with van der Waals surface area (Å²) in [7, 11) is 4.97. The average molecular weight is 461 g/mol. The van der Waals surface area contributed by atoms with Gasteiger partial charge in [0.1, 0.15) is 17.2 Å². The molecule has 2 aliphatic heterocycles. The number of rotatable bonds is 7. The molecular formula is C27H28N2O5. The number of fused-ring (bicyclic) bond motifs is 3. The number of hydrogen-bond donors (Lipinski definition) is 0. The first-order valence-corrected chi connectivity index (χ1v) is 11.3. The third kappa shape index (κ3) is 3.77. The van der Waals surface area contributed by atoms with E-state index in [1.165, 1.54) is 0 Å². The summed E-state index contributed by atoms with van der Waals surface area (Å²) in [6.07, 6.45) is 0.203. The molecule has 3 aromatic carbocycles. The van der Waals surface area contributed by atoms with E-state index >= 15 is 0 Å². The van der Waals surface area contributed by atoms with Gasteiger partial charge in [0.2, 0.25) is 6.23 Å². The van der Waals surface area contributed by atoms with Gasteiger partial charge in [0.05, 0.1) is 45.3 Å². The minimum atomic E-state index is -0.521. The number of ether oxygens (including phenoxy) is 5. The van der Waals surface area contributed by atoms with Crippen molar-refractivity contribution in [1.82, 2.24) is 5.01 Å². The molecule has 0 fully saturated rings. The maximum absolute atomic E-state index is 6.62. The molecule has 34 heavy (non-hydrogen) atoms. The van der Waals surface area contributed by atoms with Crippen LogP contribution >= 0.6 is 0 Å². The van der Waals surface area contributed by atoms with Crippen LogP contribution in [0.3, 0.4) is 0 Å². The van der Waals surface area contributed by atoms with Gasteiger partial charge in [-0.1, -0.05) is 24.3 Å². The highest BCUT2D eigenvalue weighted by atomic mass is 16.5. The van der Waals surface area contributed by atoms with E-state index in [4.69, 9.17) is 28.8 Å². The van der Waals surface area contributed by atoms with E-state index < -0.39 is 6.23 Å². The van der Waals surface area contributed by atoms with Crippen LogP contribution in [-0.4, -0.2) is 38.7 Å². The fourth-order valence-electron chi connectivity index (χ4n) is 4.57. The number of nitrogens with zero attached hydrogens (tertiary/aromatic N) is 2. The highest BCUT2D eigenvalue weighted by Gasteiger charge is 2.43. The zero-order chi connectivity index (χ0) is 23.7. The minimum absolute atomic E-state index is 0.0220. The summed E-state index contributed by atoms with van der Waals surface area (Å²) in [5, 5.41) is 7.07. The van der Waals surface area contributed by atoms with E-state index in [1.807, 2.05) is 60.5 Å². The molecule has 0 saturated heterocycles. The number of benzene rings is 3. The third-order valence-electron chi connectivity index (χ3n) is 6.19. The lowest BCUT2D eigenvalue weighted by Crippen LogP contribution is -2.34. The minimum Gasteiger partial charge on any atom is -0.497 e. The van der Waals surface area contributed by atoms with Gasteiger partial charge < -0.3 is 23.7 Å². The van der Waals surface area contributed by atoms with E-state index in [9.17, 15) is 0 Å². The zero-order valence-electron chi connectivity index (χ0n) is 19.8. The van der Waals surface area contributed by atoms with Gasteiger partial charge in [0.15, 0.2) is 11.5 Å². The van der Waals surface area contributed by atoms with E-state index in [1.54, 1.807) is 21.3 Å². The van der Waals surface area contributed by atoms with Gasteiger partial charge in [-0.2, -0.15) is 5.10 Å². The van der Waals surface area contributed by atoms with Crippen LogP contribution in [0.15, 0.2) is 65.8 Å². The van der Waals surface area contributed by atoms with E-state index in [2.05, 4.69) is 12.1 Å². The Balaban J connectivity index is 1.65. The van der Waals surface area contributed by atoms with Crippen LogP contribution in [0, 0.1) is 0 Å². The van der Waals surface area contributed by atoms with Crippen LogP contribution in [0.5, 0.6) is 28.7 Å². The van der Waals surface area contributed by atoms with Gasteiger partial charge in [-0.3, -0.25) is 0 Å². The van der Waals surface area contributed by atoms with Gasteiger partial charge in [0.25, 0.3) is 0 Å². The summed E-state index contributed by atoms with van der Waals surface area (Å²) in [6, 6.07) is 19.7. The van der Waals surface area contributed by atoms with Crippen molar-refractivity contribution < 1.29 is 23.7 Å². The van der Waals surface area contributed by atoms with Crippen LogP contribution in [-0.2, 0) is 0 Å². The fourth-order valence-corrected chi connectivity index (χ4v) is 4.57. The summed E-state index contributed by atoms with van der Waals surface area (Å²) in [6.45, 7) is 2.52. The highest BCUT2D eigenvalue weighted by Crippen LogP contribution is 2.52. The lowest BCUT2D eigenvalue weighted by atomic mass is 9.95. The number of hydrazone groups is 1. The Morgan fingerprint density at radius 2 is 1.68 bits per heavy atom. The van der Waals surface area contributed by atoms with Crippen LogP contribution in [0.4, 0.5) is 0 Å². The van der Waals surface area contributed by atoms with Crippen LogP contribution in [0.2, 0.25) is 0 Å². The molecule has 0 amide bonds. The zero-order valence-corrected chi connectivity index (χ0v) is 19.8. The molecule has 0 aromatic heterocycles. The topological polar surface area (TPSA) is 61.8 Å². The normalized spacial score (nSPS) is 18.4. The standard InChI is InChI=1S/C27H28N2O5/c1-5-33-25-11-7-10-20-23-16-22(17-8-6-9-18(14-17)30-2)28-29(23)27(34-26(20)25)21-15-19(31-3)12-13-24(21)32-4/h6-15,23,27H,5,16H2,1-4H3/t23-,27-/m0/s1. The number of hydrogen-bond acceptors (Lipinski definition) is 7. The second-order valence-electron chi connectivity index (χ2n) is 8.06. The molecule has 176 valence electrons. The first kappa shape index (κ1) is 21.9. The molecule has 0 bridgehead atoms. The molecule has 0 radical (unpaired) electrons. The first-order chi connectivity index (χ1) is 16.7. The molecule has 0 saturated carbocycles. The van der Waals surface area contributed by atoms with E-state index in [0.717, 1.165) is 51.8 Å². The fraction of sp³-hybridized carbons (Fsp3) is 0.296. The summed E-state index contributed by atoms with van der Waals surface area (Å²) in [5.74, 6) is 3.68. The van der Waals surface area contributed by atoms with E-state index in [-0.39, 0.29) is 6.04 Å². The van der Waals surface area contributed by atoms with Crippen LogP contribution in [0.1, 0.15) is 42.3 Å². The van der Waals surface area contributed by atoms with Crippen LogP contribution in [0.25, 0.3) is 0 Å². The largest absolute Gasteiger partial charge is 0.497 e. The molecule has 2 atom stereocenters. The molecule has 7 nitrogen and oxygen atoms in total. The van der Waals surface area contributed by atoms with Gasteiger partial charge >= 0.3 is 0 Å². The number of methoxy groups -OCH3 is 3. The summed E-state index contributed by atoms with van der Waals surface area (Å²) in [4.78, 5) is 0. The summed E-state index contributed by atoms with van der Waals surface area (Å²) < 4.78 is 29.2. The molecule has 5 rings (SSSR count). The van der Waals surface area contributed by atoms with Crippen LogP contribution < -0.4 is 23.7 Å². The van der Waals surface area contributed by atoms with Crippen molar-refractivity contribution in [2.75, 3.05) is 27.9 Å². The van der Waals surface area contributed by atoms with Crippen molar-refractivity contribution in [3.63, 3.8) is 0 Å². The Hall–Kier alpha value is -3.87. The Labute approximate surface area is 199 Å². The van der Waals surface area contributed by atoms with Crippen molar-refractivity contribution in [3.05, 3.63) is 77.4 Å². The van der Waals surface area contributed by atoms with Gasteiger partial charge in [0, 0.05) is 17.5 Å². The Kier molecular flexibility index (Phi) is 5.92. The molecule has 0 unspecified atom stereocenters. The smallest absolute Gasteiger partial charge is 0.217 e. The lowest BCUT2D eigenvalue weighted by molar-refractivity contribution is -0.0226. The first-order valence-electron chi connectivity index (χ1n) is 11.3. The average Bonchev–Trinajstić information content (AvgIpc) is 3.34. The molecule has 7 heteroatoms. The second-order valence-corrected chi connectivity index (χ2v) is 8.06. The molecular weight excluding hydrogens is 432 g/mol. The van der Waals surface area contributed by atoms with Crippen molar-refractivity contribution >= 4 is 5.71 Å². The maximum atomic E-state index is 6.62. The third-order valence-corrected chi connectivity index (χ3v) is 6.19. The molecule has 2 aliphatic rings. The van der Waals surface area contributed by atoms with Crippen molar-refractivity contribution in [2.24, 2.45) is 5.10 Å². The molecule has 0 N–H and O–H groups in total. The molecule has 0 spiro atoms. The SMILES string of the molecule is CCOc1cccc2c1O[C@@H](c1cc(OC)ccc1OC)N1N=C(c3cccc(OC)c3)C[C@@H]21. The predicted octanol–water partition coefficient (Wildman–Crippen LogP) is 5.35.